The summed E-state index contributed by atoms with van der Waals surface area (Å²) in [6, 6.07) is 9.61. The Morgan fingerprint density at radius 3 is 2.59 bits per heavy atom. The fraction of sp³-hybridized carbons (Fsp3) is 0.200. The molecule has 1 atom stereocenters. The van der Waals surface area contributed by atoms with Gasteiger partial charge in [-0.05, 0) is 58.6 Å². The summed E-state index contributed by atoms with van der Waals surface area (Å²) in [5, 5.41) is 0.983. The van der Waals surface area contributed by atoms with Crippen molar-refractivity contribution in [2.45, 2.75) is 30.0 Å². The third kappa shape index (κ3) is 4.91. The molecule has 1 heterocycles. The lowest BCUT2D eigenvalue weighted by atomic mass is 10.0. The van der Waals surface area contributed by atoms with Crippen molar-refractivity contribution in [3.8, 4) is 0 Å². The summed E-state index contributed by atoms with van der Waals surface area (Å²) < 4.78 is 66.6. The Bertz CT molecular complexity index is 1140. The van der Waals surface area contributed by atoms with E-state index in [-0.39, 0.29) is 9.37 Å². The molecule has 2 N–H and O–H groups in total. The smallest absolute Gasteiger partial charge is 0.361 e. The lowest BCUT2D eigenvalue weighted by molar-refractivity contribution is -0.137. The molecule has 29 heavy (non-hydrogen) atoms. The van der Waals surface area contributed by atoms with E-state index in [0.717, 1.165) is 34.7 Å². The van der Waals surface area contributed by atoms with Crippen molar-refractivity contribution in [2.24, 2.45) is 0 Å². The largest absolute Gasteiger partial charge is 0.416 e. The zero-order chi connectivity index (χ0) is 21.2. The molecule has 4 nitrogen and oxygen atoms in total. The normalized spacial score (nSPS) is 13.5. The molecule has 0 saturated carbocycles. The molecule has 0 aliphatic rings. The average molecular weight is 487 g/mol. The number of hydrogen-bond acceptors (Lipinski definition) is 2. The van der Waals surface area contributed by atoms with Crippen LogP contribution in [0.25, 0.3) is 10.9 Å². The van der Waals surface area contributed by atoms with Crippen molar-refractivity contribution in [3.63, 3.8) is 0 Å². The van der Waals surface area contributed by atoms with Crippen molar-refractivity contribution in [1.29, 1.82) is 0 Å². The molecule has 0 spiro atoms. The highest BCUT2D eigenvalue weighted by Gasteiger charge is 2.32. The molecule has 3 rings (SSSR count). The van der Waals surface area contributed by atoms with Gasteiger partial charge in [-0.1, -0.05) is 24.3 Å². The molecule has 1 aromatic heterocycles. The van der Waals surface area contributed by atoms with Gasteiger partial charge >= 0.3 is 6.18 Å². The van der Waals surface area contributed by atoms with Crippen molar-refractivity contribution >= 4 is 36.9 Å². The maximum atomic E-state index is 12.8. The molecule has 3 aromatic rings. The van der Waals surface area contributed by atoms with Crippen LogP contribution in [-0.2, 0) is 22.6 Å². The number of hydrogen-bond donors (Lipinski definition) is 2. The van der Waals surface area contributed by atoms with Crippen molar-refractivity contribution in [3.05, 3.63) is 76.9 Å². The number of aromatic amines is 1. The minimum absolute atomic E-state index is 0.149. The number of fused-ring (bicyclic) bond motifs is 1. The van der Waals surface area contributed by atoms with Crippen LogP contribution in [0.1, 0.15) is 17.5 Å². The summed E-state index contributed by atoms with van der Waals surface area (Å²) in [7, 11) is -4.05. The second kappa shape index (κ2) is 8.33. The molecule has 2 aromatic carbocycles. The minimum Gasteiger partial charge on any atom is -0.361 e. The van der Waals surface area contributed by atoms with Gasteiger partial charge < -0.3 is 4.98 Å². The number of sulfonamides is 1. The summed E-state index contributed by atoms with van der Waals surface area (Å²) >= 11 is 2.95. The summed E-state index contributed by atoms with van der Waals surface area (Å²) in [6.45, 7) is 3.67. The van der Waals surface area contributed by atoms with Gasteiger partial charge in [-0.2, -0.15) is 13.2 Å². The van der Waals surface area contributed by atoms with Gasteiger partial charge in [-0.15, -0.1) is 6.58 Å². The predicted molar refractivity (Wildman–Crippen MR) is 110 cm³/mol. The van der Waals surface area contributed by atoms with Crippen LogP contribution in [0.2, 0.25) is 0 Å². The molecular weight excluding hydrogens is 469 g/mol. The Labute approximate surface area is 175 Å². The highest BCUT2D eigenvalue weighted by molar-refractivity contribution is 9.10. The van der Waals surface area contributed by atoms with E-state index in [0.29, 0.717) is 12.8 Å². The van der Waals surface area contributed by atoms with Gasteiger partial charge in [0.2, 0.25) is 10.0 Å². The number of para-hydroxylation sites is 1. The molecule has 0 unspecified atom stereocenters. The standard InChI is InChI=1S/C20H18BrF3N2O2S/c1-2-5-15(10-13-12-25-18-7-4-3-6-16(13)18)26-29(27,28)19-9-8-14(11-17(19)21)20(22,23)24/h2-4,6-9,11-12,15,25-26H,1,5,10H2/t15-/m0/s1. The van der Waals surface area contributed by atoms with Crippen LogP contribution >= 0.6 is 15.9 Å². The van der Waals surface area contributed by atoms with Gasteiger partial charge in [0.05, 0.1) is 10.5 Å². The number of aromatic nitrogens is 1. The van der Waals surface area contributed by atoms with E-state index >= 15 is 0 Å². The van der Waals surface area contributed by atoms with Gasteiger partial charge in [-0.3, -0.25) is 0 Å². The number of alkyl halides is 3. The first-order valence-electron chi connectivity index (χ1n) is 8.67. The zero-order valence-electron chi connectivity index (χ0n) is 15.1. The third-order valence-electron chi connectivity index (χ3n) is 4.46. The molecule has 0 aliphatic carbocycles. The van der Waals surface area contributed by atoms with Crippen molar-refractivity contribution in [2.75, 3.05) is 0 Å². The van der Waals surface area contributed by atoms with Crippen LogP contribution in [0.5, 0.6) is 0 Å². The quantitative estimate of drug-likeness (QED) is 0.438. The van der Waals surface area contributed by atoms with Crippen LogP contribution in [0.4, 0.5) is 13.2 Å². The lowest BCUT2D eigenvalue weighted by Gasteiger charge is -2.18. The van der Waals surface area contributed by atoms with Gasteiger partial charge in [-0.25, -0.2) is 13.1 Å². The lowest BCUT2D eigenvalue weighted by Crippen LogP contribution is -2.36. The minimum atomic E-state index is -4.56. The second-order valence-electron chi connectivity index (χ2n) is 6.55. The van der Waals surface area contributed by atoms with E-state index in [1.165, 1.54) is 0 Å². The van der Waals surface area contributed by atoms with Crippen LogP contribution in [-0.4, -0.2) is 19.4 Å². The molecule has 0 saturated heterocycles. The molecule has 0 aliphatic heterocycles. The van der Waals surface area contributed by atoms with Gasteiger partial charge in [0.1, 0.15) is 0 Å². The van der Waals surface area contributed by atoms with E-state index < -0.39 is 27.8 Å². The first kappa shape index (κ1) is 21.6. The molecule has 154 valence electrons. The highest BCUT2D eigenvalue weighted by Crippen LogP contribution is 2.33. The van der Waals surface area contributed by atoms with E-state index in [2.05, 4.69) is 32.2 Å². The first-order chi connectivity index (χ1) is 13.6. The molecule has 0 amide bonds. The molecule has 0 bridgehead atoms. The highest BCUT2D eigenvalue weighted by atomic mass is 79.9. The predicted octanol–water partition coefficient (Wildman–Crippen LogP) is 5.41. The molecule has 0 fully saturated rings. The molecule has 0 radical (unpaired) electrons. The number of nitrogens with one attached hydrogen (secondary N) is 2. The topological polar surface area (TPSA) is 62.0 Å². The van der Waals surface area contributed by atoms with E-state index in [4.69, 9.17) is 0 Å². The number of benzene rings is 2. The van der Waals surface area contributed by atoms with Crippen molar-refractivity contribution in [1.82, 2.24) is 9.71 Å². The monoisotopic (exact) mass is 486 g/mol. The van der Waals surface area contributed by atoms with Crippen LogP contribution < -0.4 is 4.72 Å². The Hall–Kier alpha value is -2.10. The molecular formula is C20H18BrF3N2O2S. The number of H-pyrrole nitrogens is 1. The Kier molecular flexibility index (Phi) is 6.21. The summed E-state index contributed by atoms with van der Waals surface area (Å²) in [5.74, 6) is 0. The summed E-state index contributed by atoms with van der Waals surface area (Å²) in [6.07, 6.45) is -0.379. The number of halogens is 4. The SMILES string of the molecule is C=CC[C@@H](Cc1c[nH]c2ccccc12)NS(=O)(=O)c1ccc(C(F)(F)F)cc1Br. The summed E-state index contributed by atoms with van der Waals surface area (Å²) in [5.41, 5.74) is 0.944. The van der Waals surface area contributed by atoms with E-state index in [1.54, 1.807) is 6.08 Å². The fourth-order valence-electron chi connectivity index (χ4n) is 3.12. The third-order valence-corrected chi connectivity index (χ3v) is 6.96. The fourth-order valence-corrected chi connectivity index (χ4v) is 5.44. The van der Waals surface area contributed by atoms with E-state index in [9.17, 15) is 21.6 Å². The van der Waals surface area contributed by atoms with Crippen LogP contribution in [0, 0.1) is 0 Å². The second-order valence-corrected chi connectivity index (χ2v) is 9.09. The number of rotatable bonds is 7. The average Bonchev–Trinajstić information content (AvgIpc) is 3.03. The Morgan fingerprint density at radius 2 is 1.93 bits per heavy atom. The van der Waals surface area contributed by atoms with Crippen LogP contribution in [0.3, 0.4) is 0 Å². The summed E-state index contributed by atoms with van der Waals surface area (Å²) in [4.78, 5) is 2.89. The maximum Gasteiger partial charge on any atom is 0.416 e. The van der Waals surface area contributed by atoms with Gasteiger partial charge in [0.25, 0.3) is 0 Å². The van der Waals surface area contributed by atoms with Gasteiger partial charge in [0, 0.05) is 27.6 Å². The van der Waals surface area contributed by atoms with Crippen LogP contribution in [0.15, 0.2) is 70.7 Å². The Balaban J connectivity index is 1.87. The Morgan fingerprint density at radius 1 is 1.21 bits per heavy atom. The van der Waals surface area contributed by atoms with Crippen molar-refractivity contribution < 1.29 is 21.6 Å². The first-order valence-corrected chi connectivity index (χ1v) is 10.9. The molecule has 9 heteroatoms. The van der Waals surface area contributed by atoms with E-state index in [1.807, 2.05) is 30.5 Å². The van der Waals surface area contributed by atoms with Gasteiger partial charge in [0.15, 0.2) is 0 Å². The zero-order valence-corrected chi connectivity index (χ0v) is 17.5. The maximum absolute atomic E-state index is 12.8.